The third kappa shape index (κ3) is 4.55. The van der Waals surface area contributed by atoms with E-state index in [-0.39, 0.29) is 29.3 Å². The van der Waals surface area contributed by atoms with Gasteiger partial charge in [-0.2, -0.15) is 0 Å². The molecule has 1 aliphatic rings. The average Bonchev–Trinajstić information content (AvgIpc) is 2.79. The molecular weight excluding hydrogens is 311 g/mol. The van der Waals surface area contributed by atoms with E-state index >= 15 is 0 Å². The maximum Gasteiger partial charge on any atom is 0.240 e. The lowest BCUT2D eigenvalue weighted by molar-refractivity contribution is -0.122. The Morgan fingerprint density at radius 2 is 2.05 bits per heavy atom. The van der Waals surface area contributed by atoms with Crippen LogP contribution < -0.4 is 16.1 Å². The molecule has 3 amide bonds. The molecule has 0 aromatic heterocycles. The summed E-state index contributed by atoms with van der Waals surface area (Å²) in [5, 5.41) is 8.34. The number of benzene rings is 1. The highest BCUT2D eigenvalue weighted by atomic mass is 32.2. The molecule has 1 aromatic rings. The average molecular weight is 324 g/mol. The number of hydrazone groups is 1. The van der Waals surface area contributed by atoms with Gasteiger partial charge in [-0.05, 0) is 24.3 Å². The van der Waals surface area contributed by atoms with Crippen molar-refractivity contribution in [3.05, 3.63) is 30.1 Å². The van der Waals surface area contributed by atoms with Crippen molar-refractivity contribution in [1.82, 2.24) is 10.7 Å². The first-order valence-electron chi connectivity index (χ1n) is 6.31. The number of carbonyl (C=O) groups excluding carboxylic acids is 3. The van der Waals surface area contributed by atoms with Gasteiger partial charge in [0.25, 0.3) is 0 Å². The predicted octanol–water partition coefficient (Wildman–Crippen LogP) is 0.793. The van der Waals surface area contributed by atoms with Crippen molar-refractivity contribution in [2.45, 2.75) is 18.6 Å². The van der Waals surface area contributed by atoms with Gasteiger partial charge in [-0.1, -0.05) is 11.8 Å². The van der Waals surface area contributed by atoms with Crippen LogP contribution in [0, 0.1) is 5.82 Å². The van der Waals surface area contributed by atoms with Gasteiger partial charge in [0.2, 0.25) is 17.7 Å². The molecule has 1 atom stereocenters. The quantitative estimate of drug-likeness (QED) is 0.713. The van der Waals surface area contributed by atoms with Crippen LogP contribution in [0.4, 0.5) is 10.1 Å². The fourth-order valence-corrected chi connectivity index (χ4v) is 2.56. The molecule has 1 heterocycles. The maximum atomic E-state index is 12.8. The molecule has 116 valence electrons. The van der Waals surface area contributed by atoms with E-state index in [9.17, 15) is 18.8 Å². The highest BCUT2D eigenvalue weighted by Crippen LogP contribution is 2.22. The summed E-state index contributed by atoms with van der Waals surface area (Å²) in [6, 6.07) is 5.31. The number of amidine groups is 1. The van der Waals surface area contributed by atoms with Gasteiger partial charge in [-0.25, -0.2) is 9.82 Å². The van der Waals surface area contributed by atoms with Crippen molar-refractivity contribution in [3.63, 3.8) is 0 Å². The second kappa shape index (κ2) is 7.03. The van der Waals surface area contributed by atoms with E-state index in [4.69, 9.17) is 0 Å². The zero-order valence-corrected chi connectivity index (χ0v) is 12.4. The number of nitrogens with one attached hydrogen (secondary N) is 3. The molecule has 0 bridgehead atoms. The summed E-state index contributed by atoms with van der Waals surface area (Å²) >= 11 is 1.06. The van der Waals surface area contributed by atoms with Crippen LogP contribution in [0.2, 0.25) is 0 Å². The lowest BCUT2D eigenvalue weighted by Gasteiger charge is -2.07. The molecule has 0 unspecified atom stereocenters. The molecule has 1 fully saturated rings. The van der Waals surface area contributed by atoms with E-state index in [1.807, 2.05) is 0 Å². The molecule has 2 rings (SSSR count). The van der Waals surface area contributed by atoms with Crippen LogP contribution in [-0.4, -0.2) is 28.1 Å². The summed E-state index contributed by atoms with van der Waals surface area (Å²) < 4.78 is 12.8. The molecule has 0 radical (unpaired) electrons. The Balaban J connectivity index is 1.89. The van der Waals surface area contributed by atoms with Gasteiger partial charge >= 0.3 is 0 Å². The molecule has 1 saturated heterocycles. The maximum absolute atomic E-state index is 12.8. The largest absolute Gasteiger partial charge is 0.326 e. The minimum Gasteiger partial charge on any atom is -0.326 e. The first-order valence-corrected chi connectivity index (χ1v) is 7.19. The van der Waals surface area contributed by atoms with E-state index in [0.29, 0.717) is 5.69 Å². The molecule has 22 heavy (non-hydrogen) atoms. The highest BCUT2D eigenvalue weighted by Gasteiger charge is 2.32. The van der Waals surface area contributed by atoms with Crippen molar-refractivity contribution in [2.24, 2.45) is 5.10 Å². The molecule has 3 N–H and O–H groups in total. The number of nitrogens with zero attached hydrogens (tertiary/aromatic N) is 1. The van der Waals surface area contributed by atoms with Gasteiger partial charge in [0.05, 0.1) is 0 Å². The number of anilines is 1. The number of thioether (sulfide) groups is 1. The van der Waals surface area contributed by atoms with Crippen molar-refractivity contribution in [1.29, 1.82) is 0 Å². The summed E-state index contributed by atoms with van der Waals surface area (Å²) in [6.07, 6.45) is -0.0625. The van der Waals surface area contributed by atoms with E-state index < -0.39 is 11.1 Å². The summed E-state index contributed by atoms with van der Waals surface area (Å²) in [7, 11) is 0. The monoisotopic (exact) mass is 324 g/mol. The second-order valence-electron chi connectivity index (χ2n) is 4.44. The van der Waals surface area contributed by atoms with Crippen molar-refractivity contribution in [2.75, 3.05) is 5.32 Å². The fraction of sp³-hybridized carbons (Fsp3) is 0.231. The van der Waals surface area contributed by atoms with E-state index in [1.165, 1.54) is 31.2 Å². The summed E-state index contributed by atoms with van der Waals surface area (Å²) in [5.41, 5.74) is 2.65. The molecule has 1 aromatic carbocycles. The smallest absolute Gasteiger partial charge is 0.240 e. The minimum atomic E-state index is -0.632. The number of hydrogen-bond acceptors (Lipinski definition) is 5. The van der Waals surface area contributed by atoms with Crippen LogP contribution in [-0.2, 0) is 14.4 Å². The lowest BCUT2D eigenvalue weighted by Crippen LogP contribution is -2.28. The first kappa shape index (κ1) is 16.0. The van der Waals surface area contributed by atoms with Gasteiger partial charge in [-0.15, -0.1) is 5.10 Å². The Hall–Kier alpha value is -2.42. The predicted molar refractivity (Wildman–Crippen MR) is 80.4 cm³/mol. The zero-order chi connectivity index (χ0) is 16.1. The number of carbonyl (C=O) groups is 3. The zero-order valence-electron chi connectivity index (χ0n) is 11.6. The van der Waals surface area contributed by atoms with Gasteiger partial charge in [0.1, 0.15) is 11.1 Å². The fourth-order valence-electron chi connectivity index (χ4n) is 1.64. The SMILES string of the molecule is CC(=O)N/N=C1\NC(=O)[C@@H](CC(=O)Nc2ccc(F)cc2)S1. The molecule has 9 heteroatoms. The topological polar surface area (TPSA) is 99.7 Å². The second-order valence-corrected chi connectivity index (χ2v) is 5.63. The molecular formula is C13H13FN4O3S. The van der Waals surface area contributed by atoms with Crippen LogP contribution in [0.1, 0.15) is 13.3 Å². The van der Waals surface area contributed by atoms with Crippen LogP contribution in [0.15, 0.2) is 29.4 Å². The van der Waals surface area contributed by atoms with Crippen LogP contribution >= 0.6 is 11.8 Å². The van der Waals surface area contributed by atoms with Crippen LogP contribution in [0.5, 0.6) is 0 Å². The summed E-state index contributed by atoms with van der Waals surface area (Å²) in [6.45, 7) is 1.29. The Kier molecular flexibility index (Phi) is 5.10. The number of amides is 3. The highest BCUT2D eigenvalue weighted by molar-refractivity contribution is 8.15. The number of hydrogen-bond donors (Lipinski definition) is 3. The Morgan fingerprint density at radius 1 is 1.36 bits per heavy atom. The van der Waals surface area contributed by atoms with E-state index in [2.05, 4.69) is 21.2 Å². The Bertz CT molecular complexity index is 633. The van der Waals surface area contributed by atoms with Crippen molar-refractivity contribution < 1.29 is 18.8 Å². The molecule has 1 aliphatic heterocycles. The Labute approximate surface area is 129 Å². The normalized spacial score (nSPS) is 18.9. The summed E-state index contributed by atoms with van der Waals surface area (Å²) in [5.74, 6) is -1.49. The third-order valence-corrected chi connectivity index (χ3v) is 3.67. The van der Waals surface area contributed by atoms with Crippen LogP contribution in [0.25, 0.3) is 0 Å². The number of rotatable bonds is 4. The molecule has 7 nitrogen and oxygen atoms in total. The van der Waals surface area contributed by atoms with Crippen molar-refractivity contribution >= 4 is 40.3 Å². The first-order chi connectivity index (χ1) is 10.4. The van der Waals surface area contributed by atoms with Crippen molar-refractivity contribution in [3.8, 4) is 0 Å². The minimum absolute atomic E-state index is 0.0625. The standard InChI is InChI=1S/C13H13FN4O3S/c1-7(19)17-18-13-16-12(21)10(22-13)6-11(20)15-9-4-2-8(14)3-5-9/h2-5,10H,6H2,1H3,(H,15,20)(H,17,19)(H,16,18,21)/t10-/m1/s1. The van der Waals surface area contributed by atoms with Gasteiger partial charge < -0.3 is 10.6 Å². The molecule has 0 aliphatic carbocycles. The van der Waals surface area contributed by atoms with Crippen LogP contribution in [0.3, 0.4) is 0 Å². The molecule has 0 saturated carbocycles. The molecule has 0 spiro atoms. The lowest BCUT2D eigenvalue weighted by atomic mass is 10.2. The van der Waals surface area contributed by atoms with Gasteiger partial charge in [-0.3, -0.25) is 14.4 Å². The van der Waals surface area contributed by atoms with Gasteiger partial charge in [0.15, 0.2) is 5.17 Å². The third-order valence-electron chi connectivity index (χ3n) is 2.59. The van der Waals surface area contributed by atoms with Gasteiger partial charge in [0, 0.05) is 19.0 Å². The van der Waals surface area contributed by atoms with E-state index in [0.717, 1.165) is 11.8 Å². The number of halogens is 1. The van der Waals surface area contributed by atoms with E-state index in [1.54, 1.807) is 0 Å². The Morgan fingerprint density at radius 3 is 2.68 bits per heavy atom. The summed E-state index contributed by atoms with van der Waals surface area (Å²) in [4.78, 5) is 34.3.